The van der Waals surface area contributed by atoms with Gasteiger partial charge in [0.15, 0.2) is 11.0 Å². The number of aromatic nitrogens is 3. The van der Waals surface area contributed by atoms with Crippen molar-refractivity contribution in [3.05, 3.63) is 89.2 Å². The molecule has 1 heterocycles. The number of hydrogen-bond acceptors (Lipinski definition) is 4. The summed E-state index contributed by atoms with van der Waals surface area (Å²) in [5.41, 5.74) is 2.85. The van der Waals surface area contributed by atoms with Gasteiger partial charge in [0.1, 0.15) is 11.6 Å². The fourth-order valence-electron chi connectivity index (χ4n) is 2.97. The van der Waals surface area contributed by atoms with Gasteiger partial charge in [0.05, 0.1) is 6.61 Å². The molecule has 30 heavy (non-hydrogen) atoms. The lowest BCUT2D eigenvalue weighted by Gasteiger charge is -2.12. The molecular weight excluding hydrogens is 421 g/mol. The molecule has 0 aliphatic heterocycles. The Morgan fingerprint density at radius 1 is 0.933 bits per heavy atom. The van der Waals surface area contributed by atoms with Crippen LogP contribution in [0.3, 0.4) is 0 Å². The SMILES string of the molecule is CCOc1ccc(-n2c(SCc3ccc(F)cc3)nnc2-c2ccc(Cl)cc2)cc1. The molecule has 0 atom stereocenters. The van der Waals surface area contributed by atoms with Crippen molar-refractivity contribution in [1.82, 2.24) is 14.8 Å². The third-order valence-corrected chi connectivity index (χ3v) is 5.67. The maximum Gasteiger partial charge on any atom is 0.196 e. The summed E-state index contributed by atoms with van der Waals surface area (Å²) in [5, 5.41) is 10.3. The van der Waals surface area contributed by atoms with Gasteiger partial charge < -0.3 is 4.74 Å². The average Bonchev–Trinajstić information content (AvgIpc) is 3.18. The molecule has 0 saturated heterocycles. The predicted octanol–water partition coefficient (Wildman–Crippen LogP) is 6.42. The molecule has 4 aromatic rings. The highest BCUT2D eigenvalue weighted by Crippen LogP contribution is 2.31. The van der Waals surface area contributed by atoms with Crippen LogP contribution in [-0.4, -0.2) is 21.4 Å². The van der Waals surface area contributed by atoms with Gasteiger partial charge in [-0.15, -0.1) is 10.2 Å². The number of nitrogens with zero attached hydrogens (tertiary/aromatic N) is 3. The number of halogens is 2. The number of thioether (sulfide) groups is 1. The highest BCUT2D eigenvalue weighted by atomic mass is 35.5. The van der Waals surface area contributed by atoms with Gasteiger partial charge in [-0.2, -0.15) is 0 Å². The first-order chi connectivity index (χ1) is 14.6. The third kappa shape index (κ3) is 4.66. The topological polar surface area (TPSA) is 39.9 Å². The van der Waals surface area contributed by atoms with Crippen molar-refractivity contribution in [2.24, 2.45) is 0 Å². The van der Waals surface area contributed by atoms with E-state index in [1.54, 1.807) is 23.9 Å². The van der Waals surface area contributed by atoms with Gasteiger partial charge in [0, 0.05) is 22.0 Å². The minimum atomic E-state index is -0.244. The quantitative estimate of drug-likeness (QED) is 0.311. The van der Waals surface area contributed by atoms with Crippen LogP contribution >= 0.6 is 23.4 Å². The minimum absolute atomic E-state index is 0.244. The summed E-state index contributed by atoms with van der Waals surface area (Å²) in [6.07, 6.45) is 0. The van der Waals surface area contributed by atoms with Crippen LogP contribution < -0.4 is 4.74 Å². The second kappa shape index (κ2) is 9.32. The first kappa shape index (κ1) is 20.4. The first-order valence-electron chi connectivity index (χ1n) is 9.46. The van der Waals surface area contributed by atoms with Crippen molar-refractivity contribution in [3.8, 4) is 22.8 Å². The van der Waals surface area contributed by atoms with Gasteiger partial charge in [-0.3, -0.25) is 4.57 Å². The van der Waals surface area contributed by atoms with E-state index in [0.29, 0.717) is 17.4 Å². The molecule has 7 heteroatoms. The molecule has 0 aliphatic carbocycles. The van der Waals surface area contributed by atoms with Gasteiger partial charge in [0.2, 0.25) is 0 Å². The fraction of sp³-hybridized carbons (Fsp3) is 0.130. The summed E-state index contributed by atoms with van der Waals surface area (Å²) in [4.78, 5) is 0. The molecule has 0 radical (unpaired) electrons. The molecule has 0 unspecified atom stereocenters. The van der Waals surface area contributed by atoms with Crippen molar-refractivity contribution in [3.63, 3.8) is 0 Å². The molecular formula is C23H19ClFN3OS. The van der Waals surface area contributed by atoms with Crippen LogP contribution in [0.25, 0.3) is 17.1 Å². The molecule has 4 nitrogen and oxygen atoms in total. The molecule has 0 bridgehead atoms. The first-order valence-corrected chi connectivity index (χ1v) is 10.8. The van der Waals surface area contributed by atoms with Crippen molar-refractivity contribution < 1.29 is 9.13 Å². The Bertz CT molecular complexity index is 1110. The van der Waals surface area contributed by atoms with Crippen LogP contribution in [-0.2, 0) is 5.75 Å². The minimum Gasteiger partial charge on any atom is -0.494 e. The molecule has 0 saturated carbocycles. The van der Waals surface area contributed by atoms with Crippen LogP contribution in [0.1, 0.15) is 12.5 Å². The van der Waals surface area contributed by atoms with Crippen LogP contribution in [0.2, 0.25) is 5.02 Å². The number of ether oxygens (including phenoxy) is 1. The summed E-state index contributed by atoms with van der Waals surface area (Å²) in [5.74, 6) is 1.93. The molecule has 3 aromatic carbocycles. The summed E-state index contributed by atoms with van der Waals surface area (Å²) in [6.45, 7) is 2.57. The van der Waals surface area contributed by atoms with Gasteiger partial charge in [-0.25, -0.2) is 4.39 Å². The molecule has 0 spiro atoms. The fourth-order valence-corrected chi connectivity index (χ4v) is 4.00. The van der Waals surface area contributed by atoms with E-state index in [0.717, 1.165) is 33.5 Å². The monoisotopic (exact) mass is 439 g/mol. The predicted molar refractivity (Wildman–Crippen MR) is 119 cm³/mol. The van der Waals surface area contributed by atoms with Crippen molar-refractivity contribution in [1.29, 1.82) is 0 Å². The van der Waals surface area contributed by atoms with Crippen molar-refractivity contribution in [2.75, 3.05) is 6.61 Å². The molecule has 0 aliphatic rings. The lowest BCUT2D eigenvalue weighted by atomic mass is 10.2. The Morgan fingerprint density at radius 2 is 1.63 bits per heavy atom. The van der Waals surface area contributed by atoms with E-state index in [1.807, 2.05) is 60.0 Å². The molecule has 152 valence electrons. The van der Waals surface area contributed by atoms with Gasteiger partial charge in [-0.05, 0) is 73.2 Å². The lowest BCUT2D eigenvalue weighted by molar-refractivity contribution is 0.340. The van der Waals surface area contributed by atoms with Crippen LogP contribution in [0.5, 0.6) is 5.75 Å². The van der Waals surface area contributed by atoms with Crippen molar-refractivity contribution in [2.45, 2.75) is 17.8 Å². The van der Waals surface area contributed by atoms with Crippen molar-refractivity contribution >= 4 is 23.4 Å². The number of benzene rings is 3. The largest absolute Gasteiger partial charge is 0.494 e. The molecule has 4 rings (SSSR count). The summed E-state index contributed by atoms with van der Waals surface area (Å²) < 4.78 is 20.8. The van der Waals surface area contributed by atoms with E-state index in [-0.39, 0.29) is 5.82 Å². The molecule has 0 N–H and O–H groups in total. The van der Waals surface area contributed by atoms with E-state index in [4.69, 9.17) is 16.3 Å². The third-order valence-electron chi connectivity index (χ3n) is 4.42. The van der Waals surface area contributed by atoms with E-state index in [2.05, 4.69) is 10.2 Å². The zero-order valence-electron chi connectivity index (χ0n) is 16.3. The summed E-state index contributed by atoms with van der Waals surface area (Å²) in [6, 6.07) is 21.8. The lowest BCUT2D eigenvalue weighted by Crippen LogP contribution is -2.00. The standard InChI is InChI=1S/C23H19ClFN3OS/c1-2-29-21-13-11-20(12-14-21)28-22(17-5-7-18(24)8-6-17)26-27-23(28)30-15-16-3-9-19(25)10-4-16/h3-14H,2,15H2,1H3. The Kier molecular flexibility index (Phi) is 6.35. The summed E-state index contributed by atoms with van der Waals surface area (Å²) in [7, 11) is 0. The van der Waals surface area contributed by atoms with Gasteiger partial charge in [-0.1, -0.05) is 35.5 Å². The number of rotatable bonds is 7. The second-order valence-electron chi connectivity index (χ2n) is 6.49. The van der Waals surface area contributed by atoms with E-state index < -0.39 is 0 Å². The maximum atomic E-state index is 13.2. The Hall–Kier alpha value is -2.83. The Morgan fingerprint density at radius 3 is 2.30 bits per heavy atom. The molecule has 0 amide bonds. The second-order valence-corrected chi connectivity index (χ2v) is 7.87. The van der Waals surface area contributed by atoms with E-state index >= 15 is 0 Å². The van der Waals surface area contributed by atoms with Gasteiger partial charge in [0.25, 0.3) is 0 Å². The highest BCUT2D eigenvalue weighted by Gasteiger charge is 2.16. The Balaban J connectivity index is 1.70. The molecule has 0 fully saturated rings. The average molecular weight is 440 g/mol. The number of hydrogen-bond donors (Lipinski definition) is 0. The van der Waals surface area contributed by atoms with E-state index in [9.17, 15) is 4.39 Å². The zero-order valence-corrected chi connectivity index (χ0v) is 17.8. The van der Waals surface area contributed by atoms with Crippen LogP contribution in [0.15, 0.2) is 78.0 Å². The van der Waals surface area contributed by atoms with Crippen LogP contribution in [0.4, 0.5) is 4.39 Å². The smallest absolute Gasteiger partial charge is 0.196 e. The van der Waals surface area contributed by atoms with Gasteiger partial charge >= 0.3 is 0 Å². The summed E-state index contributed by atoms with van der Waals surface area (Å²) >= 11 is 7.59. The maximum absolute atomic E-state index is 13.2. The normalized spacial score (nSPS) is 10.9. The zero-order chi connectivity index (χ0) is 20.9. The molecule has 1 aromatic heterocycles. The van der Waals surface area contributed by atoms with Crippen LogP contribution in [0, 0.1) is 5.82 Å². The Labute approximate surface area is 183 Å². The van der Waals surface area contributed by atoms with E-state index in [1.165, 1.54) is 12.1 Å². The highest BCUT2D eigenvalue weighted by molar-refractivity contribution is 7.98.